The first-order valence-electron chi connectivity index (χ1n) is 7.09. The minimum absolute atomic E-state index is 0.0355. The Balaban J connectivity index is 2.00. The summed E-state index contributed by atoms with van der Waals surface area (Å²) < 4.78 is 5.60. The molecule has 1 saturated heterocycles. The van der Waals surface area contributed by atoms with Crippen LogP contribution in [0.25, 0.3) is 11.4 Å². The fraction of sp³-hybridized carbons (Fsp3) is 0.533. The van der Waals surface area contributed by atoms with Crippen molar-refractivity contribution in [3.63, 3.8) is 0 Å². The van der Waals surface area contributed by atoms with Crippen molar-refractivity contribution in [2.45, 2.75) is 32.6 Å². The zero-order valence-corrected chi connectivity index (χ0v) is 12.2. The second-order valence-corrected chi connectivity index (χ2v) is 5.85. The average molecular weight is 272 g/mol. The minimum atomic E-state index is -0.0355. The SMILES string of the molecule is Cc1cnccc1-c1noc(C2(C(C)C)CCNC2)n1. The molecule has 20 heavy (non-hydrogen) atoms. The Morgan fingerprint density at radius 3 is 2.90 bits per heavy atom. The number of pyridine rings is 1. The van der Waals surface area contributed by atoms with E-state index in [4.69, 9.17) is 4.52 Å². The first-order chi connectivity index (χ1) is 9.63. The molecule has 5 nitrogen and oxygen atoms in total. The Labute approximate surface area is 118 Å². The van der Waals surface area contributed by atoms with E-state index in [0.29, 0.717) is 11.7 Å². The van der Waals surface area contributed by atoms with E-state index in [2.05, 4.69) is 34.3 Å². The Morgan fingerprint density at radius 2 is 2.25 bits per heavy atom. The lowest BCUT2D eigenvalue weighted by atomic mass is 9.76. The second-order valence-electron chi connectivity index (χ2n) is 5.85. The van der Waals surface area contributed by atoms with Gasteiger partial charge in [0.05, 0.1) is 5.41 Å². The van der Waals surface area contributed by atoms with E-state index in [9.17, 15) is 0 Å². The number of nitrogens with zero attached hydrogens (tertiary/aromatic N) is 3. The molecule has 1 aliphatic heterocycles. The van der Waals surface area contributed by atoms with E-state index in [0.717, 1.165) is 36.5 Å². The van der Waals surface area contributed by atoms with Gasteiger partial charge in [-0.3, -0.25) is 4.98 Å². The summed E-state index contributed by atoms with van der Waals surface area (Å²) in [6.45, 7) is 8.35. The molecular formula is C15H20N4O. The molecule has 2 aromatic rings. The molecule has 0 aromatic carbocycles. The molecule has 0 amide bonds. The molecule has 1 aliphatic rings. The molecule has 1 fully saturated rings. The maximum absolute atomic E-state index is 5.60. The van der Waals surface area contributed by atoms with Gasteiger partial charge in [0.1, 0.15) is 0 Å². The zero-order chi connectivity index (χ0) is 14.2. The van der Waals surface area contributed by atoms with Crippen molar-refractivity contribution in [3.8, 4) is 11.4 Å². The van der Waals surface area contributed by atoms with Crippen LogP contribution in [0.2, 0.25) is 0 Å². The first-order valence-corrected chi connectivity index (χ1v) is 7.09. The largest absolute Gasteiger partial charge is 0.338 e. The molecule has 106 valence electrons. The quantitative estimate of drug-likeness (QED) is 0.929. The summed E-state index contributed by atoms with van der Waals surface area (Å²) in [5.74, 6) is 1.87. The number of hydrogen-bond acceptors (Lipinski definition) is 5. The fourth-order valence-corrected chi connectivity index (χ4v) is 2.89. The molecule has 0 radical (unpaired) electrons. The lowest BCUT2D eigenvalue weighted by Crippen LogP contribution is -2.35. The van der Waals surface area contributed by atoms with Crippen LogP contribution in [-0.2, 0) is 5.41 Å². The van der Waals surface area contributed by atoms with E-state index in [1.165, 1.54) is 0 Å². The van der Waals surface area contributed by atoms with Gasteiger partial charge in [-0.25, -0.2) is 0 Å². The van der Waals surface area contributed by atoms with Crippen LogP contribution < -0.4 is 5.32 Å². The molecule has 0 bridgehead atoms. The zero-order valence-electron chi connectivity index (χ0n) is 12.2. The Morgan fingerprint density at radius 1 is 1.40 bits per heavy atom. The van der Waals surface area contributed by atoms with Gasteiger partial charge in [0.15, 0.2) is 0 Å². The molecule has 3 rings (SSSR count). The van der Waals surface area contributed by atoms with Gasteiger partial charge in [-0.2, -0.15) is 4.98 Å². The summed E-state index contributed by atoms with van der Waals surface area (Å²) in [5, 5.41) is 7.59. The number of rotatable bonds is 3. The maximum atomic E-state index is 5.60. The van der Waals surface area contributed by atoms with E-state index in [1.807, 2.05) is 19.2 Å². The van der Waals surface area contributed by atoms with E-state index in [1.54, 1.807) is 6.20 Å². The third-order valence-corrected chi connectivity index (χ3v) is 4.41. The van der Waals surface area contributed by atoms with Crippen LogP contribution in [0.15, 0.2) is 23.0 Å². The summed E-state index contributed by atoms with van der Waals surface area (Å²) in [4.78, 5) is 8.77. The van der Waals surface area contributed by atoms with Gasteiger partial charge in [-0.15, -0.1) is 0 Å². The maximum Gasteiger partial charge on any atom is 0.234 e. The Bertz CT molecular complexity index is 599. The van der Waals surface area contributed by atoms with E-state index >= 15 is 0 Å². The number of nitrogens with one attached hydrogen (secondary N) is 1. The normalized spacial score (nSPS) is 22.6. The topological polar surface area (TPSA) is 63.8 Å². The fourth-order valence-electron chi connectivity index (χ4n) is 2.89. The number of aromatic nitrogens is 3. The standard InChI is InChI=1S/C15H20N4O/c1-10(2)15(5-7-17-9-15)14-18-13(19-20-14)12-4-6-16-8-11(12)3/h4,6,8,10,17H,5,7,9H2,1-3H3. The first kappa shape index (κ1) is 13.2. The summed E-state index contributed by atoms with van der Waals surface area (Å²) in [6.07, 6.45) is 4.62. The van der Waals surface area contributed by atoms with Crippen LogP contribution in [0.1, 0.15) is 31.7 Å². The highest BCUT2D eigenvalue weighted by atomic mass is 16.5. The van der Waals surface area contributed by atoms with Gasteiger partial charge >= 0.3 is 0 Å². The molecule has 1 atom stereocenters. The van der Waals surface area contributed by atoms with Crippen LogP contribution >= 0.6 is 0 Å². The highest BCUT2D eigenvalue weighted by molar-refractivity contribution is 5.58. The predicted octanol–water partition coefficient (Wildman–Crippen LogP) is 2.33. The van der Waals surface area contributed by atoms with Gasteiger partial charge < -0.3 is 9.84 Å². The third-order valence-electron chi connectivity index (χ3n) is 4.41. The summed E-state index contributed by atoms with van der Waals surface area (Å²) >= 11 is 0. The van der Waals surface area contributed by atoms with E-state index < -0.39 is 0 Å². The van der Waals surface area contributed by atoms with Crippen molar-refractivity contribution in [1.29, 1.82) is 0 Å². The monoisotopic (exact) mass is 272 g/mol. The van der Waals surface area contributed by atoms with Gasteiger partial charge in [0.2, 0.25) is 11.7 Å². The number of aryl methyl sites for hydroxylation is 1. The van der Waals surface area contributed by atoms with Crippen molar-refractivity contribution >= 4 is 0 Å². The molecule has 0 saturated carbocycles. The molecule has 3 heterocycles. The smallest absolute Gasteiger partial charge is 0.234 e. The van der Waals surface area contributed by atoms with Crippen LogP contribution in [0.4, 0.5) is 0 Å². The highest BCUT2D eigenvalue weighted by Crippen LogP contribution is 2.37. The van der Waals surface area contributed by atoms with Crippen molar-refractivity contribution in [1.82, 2.24) is 20.4 Å². The van der Waals surface area contributed by atoms with Crippen LogP contribution in [0, 0.1) is 12.8 Å². The molecule has 5 heteroatoms. The molecular weight excluding hydrogens is 252 g/mol. The summed E-state index contributed by atoms with van der Waals surface area (Å²) in [6, 6.07) is 1.93. The summed E-state index contributed by atoms with van der Waals surface area (Å²) in [5.41, 5.74) is 2.01. The lowest BCUT2D eigenvalue weighted by Gasteiger charge is -2.28. The molecule has 1 unspecified atom stereocenters. The second kappa shape index (κ2) is 4.98. The number of hydrogen-bond donors (Lipinski definition) is 1. The van der Waals surface area contributed by atoms with Crippen LogP contribution in [0.5, 0.6) is 0 Å². The van der Waals surface area contributed by atoms with Gasteiger partial charge in [0.25, 0.3) is 0 Å². The predicted molar refractivity (Wildman–Crippen MR) is 76.3 cm³/mol. The van der Waals surface area contributed by atoms with Crippen molar-refractivity contribution in [2.24, 2.45) is 5.92 Å². The van der Waals surface area contributed by atoms with Crippen molar-refractivity contribution in [2.75, 3.05) is 13.1 Å². The lowest BCUT2D eigenvalue weighted by molar-refractivity contribution is 0.234. The van der Waals surface area contributed by atoms with Crippen LogP contribution in [-0.4, -0.2) is 28.2 Å². The molecule has 1 N–H and O–H groups in total. The third kappa shape index (κ3) is 2.02. The van der Waals surface area contributed by atoms with Gasteiger partial charge in [-0.05, 0) is 37.4 Å². The van der Waals surface area contributed by atoms with E-state index in [-0.39, 0.29) is 5.41 Å². The molecule has 0 aliphatic carbocycles. The van der Waals surface area contributed by atoms with Gasteiger partial charge in [-0.1, -0.05) is 19.0 Å². The average Bonchev–Trinajstić information content (AvgIpc) is 3.09. The minimum Gasteiger partial charge on any atom is -0.338 e. The van der Waals surface area contributed by atoms with Gasteiger partial charge in [0, 0.05) is 24.5 Å². The Hall–Kier alpha value is -1.75. The molecule has 2 aromatic heterocycles. The van der Waals surface area contributed by atoms with Crippen molar-refractivity contribution < 1.29 is 4.52 Å². The summed E-state index contributed by atoms with van der Waals surface area (Å²) in [7, 11) is 0. The Kier molecular flexibility index (Phi) is 3.30. The van der Waals surface area contributed by atoms with Crippen LogP contribution in [0.3, 0.4) is 0 Å². The highest BCUT2D eigenvalue weighted by Gasteiger charge is 2.43. The molecule has 0 spiro atoms. The van der Waals surface area contributed by atoms with Crippen molar-refractivity contribution in [3.05, 3.63) is 29.9 Å².